The maximum Gasteiger partial charge on any atom is 0.222 e. The van der Waals surface area contributed by atoms with Gasteiger partial charge in [-0.3, -0.25) is 4.79 Å². The molecule has 0 saturated carbocycles. The van der Waals surface area contributed by atoms with Crippen molar-refractivity contribution in [2.24, 2.45) is 7.05 Å². The Labute approximate surface area is 188 Å². The van der Waals surface area contributed by atoms with Gasteiger partial charge in [-0.2, -0.15) is 0 Å². The number of aromatic nitrogens is 2. The number of anilines is 3. The normalized spacial score (nSPS) is 11.4. The van der Waals surface area contributed by atoms with Crippen molar-refractivity contribution in [2.45, 2.75) is 33.1 Å². The van der Waals surface area contributed by atoms with E-state index in [4.69, 9.17) is 4.74 Å². The summed E-state index contributed by atoms with van der Waals surface area (Å²) in [7, 11) is 2.04. The molecule has 164 valence electrons. The van der Waals surface area contributed by atoms with Crippen LogP contribution in [0.3, 0.4) is 0 Å². The summed E-state index contributed by atoms with van der Waals surface area (Å²) in [5.74, 6) is 2.61. The van der Waals surface area contributed by atoms with Crippen LogP contribution in [0.2, 0.25) is 0 Å². The summed E-state index contributed by atoms with van der Waals surface area (Å²) < 4.78 is 8.14. The van der Waals surface area contributed by atoms with Crippen molar-refractivity contribution in [1.82, 2.24) is 9.55 Å². The van der Waals surface area contributed by atoms with Gasteiger partial charge in [-0.15, -0.1) is 0 Å². The second-order valence-corrected chi connectivity index (χ2v) is 8.93. The number of nitrogens with one attached hydrogen (secondary N) is 2. The molecule has 0 saturated heterocycles. The molecule has 32 heavy (non-hydrogen) atoms. The molecular weight excluding hydrogens is 400 g/mol. The standard InChI is InChI=1S/C26H28N4O2/c1-17(31)28-24-16-22(11-12-27-24)32-21-9-10-23-18(13-21)14-25(30(23)5)29-20-8-6-7-19(15-20)26(2,3)4/h6-16,29H,1-5H3,(H,27,28,31). The highest BCUT2D eigenvalue weighted by Crippen LogP contribution is 2.32. The van der Waals surface area contributed by atoms with E-state index in [0.29, 0.717) is 17.3 Å². The molecule has 4 rings (SSSR count). The zero-order valence-corrected chi connectivity index (χ0v) is 19.1. The van der Waals surface area contributed by atoms with Crippen molar-refractivity contribution in [3.63, 3.8) is 0 Å². The van der Waals surface area contributed by atoms with E-state index in [2.05, 4.69) is 71.3 Å². The number of hydrogen-bond donors (Lipinski definition) is 2. The number of amides is 1. The molecule has 0 atom stereocenters. The number of rotatable bonds is 5. The number of ether oxygens (including phenoxy) is 1. The number of fused-ring (bicyclic) bond motifs is 1. The first-order valence-electron chi connectivity index (χ1n) is 10.6. The summed E-state index contributed by atoms with van der Waals surface area (Å²) in [4.78, 5) is 15.4. The third-order valence-corrected chi connectivity index (χ3v) is 5.29. The molecule has 0 aliphatic rings. The van der Waals surface area contributed by atoms with Crippen LogP contribution in [0.25, 0.3) is 10.9 Å². The largest absolute Gasteiger partial charge is 0.457 e. The Bertz CT molecular complexity index is 1280. The van der Waals surface area contributed by atoms with Gasteiger partial charge < -0.3 is 19.9 Å². The van der Waals surface area contributed by atoms with Crippen LogP contribution in [0, 0.1) is 0 Å². The van der Waals surface area contributed by atoms with Gasteiger partial charge in [-0.25, -0.2) is 4.98 Å². The van der Waals surface area contributed by atoms with E-state index in [1.165, 1.54) is 12.5 Å². The predicted molar refractivity (Wildman–Crippen MR) is 130 cm³/mol. The van der Waals surface area contributed by atoms with Crippen molar-refractivity contribution in [3.05, 3.63) is 72.4 Å². The Kier molecular flexibility index (Phi) is 5.61. The Morgan fingerprint density at radius 3 is 2.53 bits per heavy atom. The van der Waals surface area contributed by atoms with E-state index in [1.54, 1.807) is 18.3 Å². The van der Waals surface area contributed by atoms with Crippen LogP contribution < -0.4 is 15.4 Å². The van der Waals surface area contributed by atoms with Crippen molar-refractivity contribution in [1.29, 1.82) is 0 Å². The molecule has 6 nitrogen and oxygen atoms in total. The molecule has 2 aromatic carbocycles. The SMILES string of the molecule is CC(=O)Nc1cc(Oc2ccc3c(c2)cc(Nc2cccc(C(C)(C)C)c2)n3C)ccn1. The quantitative estimate of drug-likeness (QED) is 0.388. The van der Waals surface area contributed by atoms with Gasteiger partial charge in [0.1, 0.15) is 23.1 Å². The third kappa shape index (κ3) is 4.75. The lowest BCUT2D eigenvalue weighted by molar-refractivity contribution is -0.114. The van der Waals surface area contributed by atoms with Gasteiger partial charge in [0.15, 0.2) is 0 Å². The lowest BCUT2D eigenvalue weighted by Gasteiger charge is -2.20. The zero-order valence-electron chi connectivity index (χ0n) is 19.1. The highest BCUT2D eigenvalue weighted by atomic mass is 16.5. The van der Waals surface area contributed by atoms with Crippen LogP contribution in [0.1, 0.15) is 33.3 Å². The lowest BCUT2D eigenvalue weighted by atomic mass is 9.87. The molecule has 0 radical (unpaired) electrons. The van der Waals surface area contributed by atoms with E-state index in [1.807, 2.05) is 25.2 Å². The van der Waals surface area contributed by atoms with Gasteiger partial charge >= 0.3 is 0 Å². The van der Waals surface area contributed by atoms with Crippen LogP contribution in [-0.2, 0) is 17.3 Å². The number of benzene rings is 2. The first kappa shape index (κ1) is 21.4. The van der Waals surface area contributed by atoms with Gasteiger partial charge in [-0.1, -0.05) is 32.9 Å². The maximum absolute atomic E-state index is 11.3. The Balaban J connectivity index is 1.58. The summed E-state index contributed by atoms with van der Waals surface area (Å²) in [6, 6.07) is 20.1. The van der Waals surface area contributed by atoms with Crippen molar-refractivity contribution in [3.8, 4) is 11.5 Å². The van der Waals surface area contributed by atoms with Crippen LogP contribution in [0.5, 0.6) is 11.5 Å². The summed E-state index contributed by atoms with van der Waals surface area (Å²) >= 11 is 0. The fourth-order valence-corrected chi connectivity index (χ4v) is 3.58. The number of pyridine rings is 1. The first-order valence-corrected chi connectivity index (χ1v) is 10.6. The highest BCUT2D eigenvalue weighted by Gasteiger charge is 2.14. The topological polar surface area (TPSA) is 68.2 Å². The minimum atomic E-state index is -0.173. The van der Waals surface area contributed by atoms with Gasteiger partial charge in [0.05, 0.1) is 0 Å². The number of hydrogen-bond acceptors (Lipinski definition) is 4. The van der Waals surface area contributed by atoms with Crippen LogP contribution in [-0.4, -0.2) is 15.5 Å². The second-order valence-electron chi connectivity index (χ2n) is 8.93. The molecule has 2 N–H and O–H groups in total. The summed E-state index contributed by atoms with van der Waals surface area (Å²) in [6.45, 7) is 8.09. The van der Waals surface area contributed by atoms with Gasteiger partial charge in [0, 0.05) is 42.8 Å². The van der Waals surface area contributed by atoms with E-state index < -0.39 is 0 Å². The van der Waals surface area contributed by atoms with Crippen LogP contribution >= 0.6 is 0 Å². The maximum atomic E-state index is 11.3. The molecule has 2 heterocycles. The van der Waals surface area contributed by atoms with Crippen molar-refractivity contribution >= 4 is 34.1 Å². The minimum absolute atomic E-state index is 0.0929. The average Bonchev–Trinajstić information content (AvgIpc) is 3.02. The molecule has 0 aliphatic heterocycles. The van der Waals surface area contributed by atoms with Gasteiger partial charge in [0.2, 0.25) is 5.91 Å². The molecule has 6 heteroatoms. The lowest BCUT2D eigenvalue weighted by Crippen LogP contribution is -2.11. The van der Waals surface area contributed by atoms with E-state index in [-0.39, 0.29) is 11.3 Å². The first-order chi connectivity index (χ1) is 15.2. The van der Waals surface area contributed by atoms with E-state index in [0.717, 1.165) is 22.4 Å². The molecule has 1 amide bonds. The predicted octanol–water partition coefficient (Wildman–Crippen LogP) is 6.37. The molecule has 4 aromatic rings. The Morgan fingerprint density at radius 2 is 1.78 bits per heavy atom. The van der Waals surface area contributed by atoms with Crippen LogP contribution in [0.4, 0.5) is 17.3 Å². The zero-order chi connectivity index (χ0) is 22.9. The van der Waals surface area contributed by atoms with Crippen LogP contribution in [0.15, 0.2) is 66.9 Å². The summed E-state index contributed by atoms with van der Waals surface area (Å²) in [5.41, 5.74) is 3.53. The summed E-state index contributed by atoms with van der Waals surface area (Å²) in [6.07, 6.45) is 1.61. The van der Waals surface area contributed by atoms with Gasteiger partial charge in [-0.05, 0) is 53.4 Å². The Hall–Kier alpha value is -3.80. The Morgan fingerprint density at radius 1 is 1.00 bits per heavy atom. The molecule has 0 unspecified atom stereocenters. The molecule has 0 spiro atoms. The molecule has 0 fully saturated rings. The fraction of sp³-hybridized carbons (Fsp3) is 0.231. The van der Waals surface area contributed by atoms with E-state index >= 15 is 0 Å². The van der Waals surface area contributed by atoms with Gasteiger partial charge in [0.25, 0.3) is 0 Å². The molecular formula is C26H28N4O2. The molecule has 0 bridgehead atoms. The highest BCUT2D eigenvalue weighted by molar-refractivity contribution is 5.88. The number of nitrogens with zero attached hydrogens (tertiary/aromatic N) is 2. The third-order valence-electron chi connectivity index (χ3n) is 5.29. The fourth-order valence-electron chi connectivity index (χ4n) is 3.58. The van der Waals surface area contributed by atoms with Crippen molar-refractivity contribution in [2.75, 3.05) is 10.6 Å². The molecule has 0 aliphatic carbocycles. The average molecular weight is 429 g/mol. The summed E-state index contributed by atoms with van der Waals surface area (Å²) in [5, 5.41) is 7.27. The number of carbonyl (C=O) groups excluding carboxylic acids is 1. The van der Waals surface area contributed by atoms with E-state index in [9.17, 15) is 4.79 Å². The van der Waals surface area contributed by atoms with Crippen molar-refractivity contribution < 1.29 is 9.53 Å². The second kappa shape index (κ2) is 8.38. The minimum Gasteiger partial charge on any atom is -0.457 e. The monoisotopic (exact) mass is 428 g/mol. The number of carbonyl (C=O) groups is 1. The molecule has 2 aromatic heterocycles. The smallest absolute Gasteiger partial charge is 0.222 e. The number of aryl methyl sites for hydroxylation is 1.